The highest BCUT2D eigenvalue weighted by Crippen LogP contribution is 2.28. The number of hydrogen-bond donors (Lipinski definition) is 1. The van der Waals surface area contributed by atoms with Crippen LogP contribution in [0.4, 0.5) is 0 Å². The van der Waals surface area contributed by atoms with E-state index in [9.17, 15) is 5.11 Å². The Morgan fingerprint density at radius 1 is 0.760 bits per heavy atom. The van der Waals surface area contributed by atoms with Gasteiger partial charge in [-0.05, 0) is 17.7 Å². The van der Waals surface area contributed by atoms with E-state index in [1.807, 2.05) is 42.5 Å². The van der Waals surface area contributed by atoms with Crippen molar-refractivity contribution in [1.29, 1.82) is 0 Å². The molecule has 0 bridgehead atoms. The average molecular weight is 331 g/mol. The molecule has 0 saturated heterocycles. The first kappa shape index (κ1) is 15.9. The van der Waals surface area contributed by atoms with E-state index in [2.05, 4.69) is 41.0 Å². The van der Waals surface area contributed by atoms with E-state index >= 15 is 0 Å². The van der Waals surface area contributed by atoms with Gasteiger partial charge in [0, 0.05) is 21.8 Å². The van der Waals surface area contributed by atoms with Crippen molar-refractivity contribution < 1.29 is 9.84 Å². The van der Waals surface area contributed by atoms with Crippen molar-refractivity contribution in [3.63, 3.8) is 0 Å². The quantitative estimate of drug-likeness (QED) is 0.569. The molecule has 1 heterocycles. The van der Waals surface area contributed by atoms with E-state index in [0.717, 1.165) is 16.6 Å². The topological polar surface area (TPSA) is 34.4 Å². The van der Waals surface area contributed by atoms with E-state index in [-0.39, 0.29) is 0 Å². The van der Waals surface area contributed by atoms with Gasteiger partial charge in [0.25, 0.3) is 0 Å². The van der Waals surface area contributed by atoms with E-state index in [1.165, 1.54) is 10.8 Å². The SMILES string of the molecule is O[C@@H](COCc1ccccc1)Cn1c2ccccc2c2ccccc21. The van der Waals surface area contributed by atoms with Gasteiger partial charge in [-0.2, -0.15) is 0 Å². The third-order valence-electron chi connectivity index (χ3n) is 4.49. The molecule has 0 fully saturated rings. The lowest BCUT2D eigenvalue weighted by atomic mass is 10.2. The van der Waals surface area contributed by atoms with Crippen molar-refractivity contribution in [2.75, 3.05) is 6.61 Å². The molecule has 25 heavy (non-hydrogen) atoms. The van der Waals surface area contributed by atoms with Crippen molar-refractivity contribution in [2.24, 2.45) is 0 Å². The van der Waals surface area contributed by atoms with Crippen molar-refractivity contribution in [3.8, 4) is 0 Å². The molecule has 0 amide bonds. The van der Waals surface area contributed by atoms with Gasteiger partial charge in [-0.1, -0.05) is 66.7 Å². The van der Waals surface area contributed by atoms with Gasteiger partial charge in [0.1, 0.15) is 0 Å². The van der Waals surface area contributed by atoms with Crippen molar-refractivity contribution in [1.82, 2.24) is 4.57 Å². The number of ether oxygens (including phenoxy) is 1. The first-order valence-corrected chi connectivity index (χ1v) is 8.58. The van der Waals surface area contributed by atoms with Crippen LogP contribution in [0, 0.1) is 0 Å². The zero-order valence-electron chi connectivity index (χ0n) is 14.0. The zero-order chi connectivity index (χ0) is 17.1. The fourth-order valence-corrected chi connectivity index (χ4v) is 3.35. The monoisotopic (exact) mass is 331 g/mol. The van der Waals surface area contributed by atoms with Crippen LogP contribution in [0.1, 0.15) is 5.56 Å². The minimum Gasteiger partial charge on any atom is -0.389 e. The van der Waals surface area contributed by atoms with Gasteiger partial charge in [0.2, 0.25) is 0 Å². The van der Waals surface area contributed by atoms with Crippen LogP contribution in [0.2, 0.25) is 0 Å². The maximum Gasteiger partial charge on any atom is 0.0952 e. The summed E-state index contributed by atoms with van der Waals surface area (Å²) in [6, 6.07) is 26.7. The molecule has 3 heteroatoms. The number of aliphatic hydroxyl groups excluding tert-OH is 1. The standard InChI is InChI=1S/C22H21NO2/c24-18(16-25-15-17-8-2-1-3-9-17)14-23-21-12-6-4-10-19(21)20-11-5-7-13-22(20)23/h1-13,18,24H,14-16H2/t18-/m1/s1. The highest BCUT2D eigenvalue weighted by atomic mass is 16.5. The Morgan fingerprint density at radius 2 is 1.32 bits per heavy atom. The van der Waals surface area contributed by atoms with E-state index < -0.39 is 6.10 Å². The molecule has 126 valence electrons. The van der Waals surface area contributed by atoms with Gasteiger partial charge < -0.3 is 14.4 Å². The van der Waals surface area contributed by atoms with Gasteiger partial charge >= 0.3 is 0 Å². The Hall–Kier alpha value is -2.62. The first-order valence-electron chi connectivity index (χ1n) is 8.58. The fraction of sp³-hybridized carbons (Fsp3) is 0.182. The Balaban J connectivity index is 1.51. The molecule has 3 aromatic carbocycles. The molecule has 1 atom stereocenters. The molecule has 0 aliphatic rings. The summed E-state index contributed by atoms with van der Waals surface area (Å²) in [6.07, 6.45) is -0.553. The number of rotatable bonds is 6. The minimum atomic E-state index is -0.553. The summed E-state index contributed by atoms with van der Waals surface area (Å²) in [5, 5.41) is 12.9. The summed E-state index contributed by atoms with van der Waals surface area (Å²) < 4.78 is 7.87. The highest BCUT2D eigenvalue weighted by molar-refractivity contribution is 6.07. The molecule has 0 radical (unpaired) electrons. The molecule has 3 nitrogen and oxygen atoms in total. The summed E-state index contributed by atoms with van der Waals surface area (Å²) in [4.78, 5) is 0. The summed E-state index contributed by atoms with van der Waals surface area (Å²) in [7, 11) is 0. The molecule has 4 rings (SSSR count). The number of benzene rings is 3. The predicted molar refractivity (Wildman–Crippen MR) is 102 cm³/mol. The molecule has 0 spiro atoms. The predicted octanol–water partition coefficient (Wildman–Crippen LogP) is 4.37. The van der Waals surface area contributed by atoms with Crippen LogP contribution in [0.25, 0.3) is 21.8 Å². The Labute approximate surface area is 147 Å². The fourth-order valence-electron chi connectivity index (χ4n) is 3.35. The van der Waals surface area contributed by atoms with Gasteiger partial charge in [0.15, 0.2) is 0 Å². The molecule has 0 aliphatic carbocycles. The van der Waals surface area contributed by atoms with Crippen molar-refractivity contribution in [2.45, 2.75) is 19.3 Å². The molecule has 0 unspecified atom stereocenters. The van der Waals surface area contributed by atoms with Crippen LogP contribution >= 0.6 is 0 Å². The van der Waals surface area contributed by atoms with Gasteiger partial charge in [-0.25, -0.2) is 0 Å². The van der Waals surface area contributed by atoms with Crippen molar-refractivity contribution in [3.05, 3.63) is 84.4 Å². The summed E-state index contributed by atoms with van der Waals surface area (Å²) in [6.45, 7) is 1.35. The smallest absolute Gasteiger partial charge is 0.0952 e. The number of fused-ring (bicyclic) bond motifs is 3. The Kier molecular flexibility index (Phi) is 4.51. The lowest BCUT2D eigenvalue weighted by molar-refractivity contribution is 0.0214. The number of aliphatic hydroxyl groups is 1. The molecule has 0 aliphatic heterocycles. The van der Waals surface area contributed by atoms with Gasteiger partial charge in [-0.15, -0.1) is 0 Å². The molecule has 4 aromatic rings. The third-order valence-corrected chi connectivity index (χ3v) is 4.49. The maximum absolute atomic E-state index is 10.5. The summed E-state index contributed by atoms with van der Waals surface area (Å²) >= 11 is 0. The summed E-state index contributed by atoms with van der Waals surface area (Å²) in [5.74, 6) is 0. The van der Waals surface area contributed by atoms with Crippen LogP contribution in [0.3, 0.4) is 0 Å². The Morgan fingerprint density at radius 3 is 1.96 bits per heavy atom. The highest BCUT2D eigenvalue weighted by Gasteiger charge is 2.13. The van der Waals surface area contributed by atoms with Crippen LogP contribution in [-0.4, -0.2) is 22.4 Å². The number of para-hydroxylation sites is 2. The van der Waals surface area contributed by atoms with E-state index in [4.69, 9.17) is 4.74 Å². The zero-order valence-corrected chi connectivity index (χ0v) is 14.0. The molecule has 1 aromatic heterocycles. The number of nitrogens with zero attached hydrogens (tertiary/aromatic N) is 1. The van der Waals surface area contributed by atoms with Gasteiger partial charge in [-0.3, -0.25) is 0 Å². The maximum atomic E-state index is 10.5. The average Bonchev–Trinajstić information content (AvgIpc) is 2.97. The Bertz CT molecular complexity index is 922. The van der Waals surface area contributed by atoms with E-state index in [1.54, 1.807) is 0 Å². The lowest BCUT2D eigenvalue weighted by Crippen LogP contribution is -2.21. The molecular weight excluding hydrogens is 310 g/mol. The largest absolute Gasteiger partial charge is 0.389 e. The summed E-state index contributed by atoms with van der Waals surface area (Å²) in [5.41, 5.74) is 3.41. The minimum absolute atomic E-state index is 0.315. The molecule has 0 saturated carbocycles. The van der Waals surface area contributed by atoms with Gasteiger partial charge in [0.05, 0.1) is 25.9 Å². The second-order valence-electron chi connectivity index (χ2n) is 6.30. The normalized spacial score (nSPS) is 12.7. The van der Waals surface area contributed by atoms with Crippen LogP contribution < -0.4 is 0 Å². The third kappa shape index (κ3) is 3.29. The van der Waals surface area contributed by atoms with Crippen LogP contribution in [0.15, 0.2) is 78.9 Å². The van der Waals surface area contributed by atoms with Crippen LogP contribution in [0.5, 0.6) is 0 Å². The molecule has 1 N–H and O–H groups in total. The second kappa shape index (κ2) is 7.09. The first-order chi connectivity index (χ1) is 12.3. The molecular formula is C22H21NO2. The number of hydrogen-bond acceptors (Lipinski definition) is 2. The van der Waals surface area contributed by atoms with Crippen molar-refractivity contribution >= 4 is 21.8 Å². The van der Waals surface area contributed by atoms with Crippen LogP contribution in [-0.2, 0) is 17.9 Å². The lowest BCUT2D eigenvalue weighted by Gasteiger charge is -2.14. The van der Waals surface area contributed by atoms with E-state index in [0.29, 0.717) is 19.8 Å². The number of aromatic nitrogens is 1. The second-order valence-corrected chi connectivity index (χ2v) is 6.30.